The third kappa shape index (κ3) is 3.93. The lowest BCUT2D eigenvalue weighted by atomic mass is 10.0. The highest BCUT2D eigenvalue weighted by molar-refractivity contribution is 5.89. The molecule has 5 heteroatoms. The Kier molecular flexibility index (Phi) is 4.95. The van der Waals surface area contributed by atoms with Crippen LogP contribution in [-0.4, -0.2) is 36.5 Å². The van der Waals surface area contributed by atoms with E-state index in [1.54, 1.807) is 12.1 Å². The molecule has 20 heavy (non-hydrogen) atoms. The van der Waals surface area contributed by atoms with Gasteiger partial charge in [0.1, 0.15) is 5.82 Å². The lowest BCUT2D eigenvalue weighted by molar-refractivity contribution is -0.114. The first kappa shape index (κ1) is 14.8. The molecule has 2 N–H and O–H groups in total. The molecule has 0 aliphatic carbocycles. The first-order valence-electron chi connectivity index (χ1n) is 7.14. The molecule has 1 aliphatic rings. The van der Waals surface area contributed by atoms with Crippen LogP contribution in [-0.2, 0) is 4.79 Å². The number of likely N-dealkylation sites (tertiary alicyclic amines) is 1. The molecule has 0 spiro atoms. The summed E-state index contributed by atoms with van der Waals surface area (Å²) in [6.45, 7) is 6.75. The largest absolute Gasteiger partial charge is 0.380 e. The van der Waals surface area contributed by atoms with Gasteiger partial charge in [-0.05, 0) is 37.6 Å². The maximum atomic E-state index is 13.8. The van der Waals surface area contributed by atoms with Crippen LogP contribution in [0.4, 0.5) is 15.8 Å². The molecule has 1 fully saturated rings. The Bertz CT molecular complexity index is 470. The Morgan fingerprint density at radius 2 is 2.10 bits per heavy atom. The van der Waals surface area contributed by atoms with E-state index in [9.17, 15) is 9.18 Å². The van der Waals surface area contributed by atoms with Crippen LogP contribution in [0, 0.1) is 5.82 Å². The fraction of sp³-hybridized carbons (Fsp3) is 0.533. The van der Waals surface area contributed by atoms with Crippen LogP contribution < -0.4 is 10.6 Å². The average molecular weight is 279 g/mol. The first-order valence-corrected chi connectivity index (χ1v) is 7.14. The van der Waals surface area contributed by atoms with Crippen LogP contribution in [0.3, 0.4) is 0 Å². The van der Waals surface area contributed by atoms with E-state index in [1.807, 2.05) is 0 Å². The maximum Gasteiger partial charge on any atom is 0.221 e. The molecule has 0 bridgehead atoms. The molecular formula is C15H22FN3O. The Labute approximate surface area is 119 Å². The average Bonchev–Trinajstić information content (AvgIpc) is 2.43. The highest BCUT2D eigenvalue weighted by atomic mass is 19.1. The molecule has 1 aliphatic heterocycles. The van der Waals surface area contributed by atoms with Crippen LogP contribution >= 0.6 is 0 Å². The van der Waals surface area contributed by atoms with E-state index in [-0.39, 0.29) is 11.7 Å². The predicted molar refractivity (Wildman–Crippen MR) is 79.5 cm³/mol. The molecule has 0 saturated carbocycles. The Morgan fingerprint density at radius 3 is 2.70 bits per heavy atom. The summed E-state index contributed by atoms with van der Waals surface area (Å²) in [4.78, 5) is 13.4. The molecule has 1 heterocycles. The van der Waals surface area contributed by atoms with Crippen molar-refractivity contribution in [1.29, 1.82) is 0 Å². The van der Waals surface area contributed by atoms with Crippen LogP contribution in [0.1, 0.15) is 26.7 Å². The third-order valence-electron chi connectivity index (χ3n) is 3.68. The molecule has 2 rings (SSSR count). The standard InChI is InChI=1S/C15H22FN3O/c1-3-19-8-6-12(7-9-19)18-15-10-13(17-11(2)20)4-5-14(15)16/h4-5,10,12,18H,3,6-9H2,1-2H3,(H,17,20). The number of nitrogens with one attached hydrogen (secondary N) is 2. The van der Waals surface area contributed by atoms with Gasteiger partial charge >= 0.3 is 0 Å². The molecule has 1 aromatic carbocycles. The van der Waals surface area contributed by atoms with Gasteiger partial charge in [0.2, 0.25) is 5.91 Å². The van der Waals surface area contributed by atoms with Crippen LogP contribution in [0.2, 0.25) is 0 Å². The number of nitrogens with zero attached hydrogens (tertiary/aromatic N) is 1. The minimum absolute atomic E-state index is 0.154. The van der Waals surface area contributed by atoms with Gasteiger partial charge in [0.05, 0.1) is 5.69 Å². The molecular weight excluding hydrogens is 257 g/mol. The van der Waals surface area contributed by atoms with Gasteiger partial charge in [-0.2, -0.15) is 0 Å². The van der Waals surface area contributed by atoms with Crippen LogP contribution in [0.5, 0.6) is 0 Å². The number of benzene rings is 1. The zero-order valence-electron chi connectivity index (χ0n) is 12.1. The Morgan fingerprint density at radius 1 is 1.40 bits per heavy atom. The second-order valence-corrected chi connectivity index (χ2v) is 5.23. The lowest BCUT2D eigenvalue weighted by Gasteiger charge is -2.32. The number of hydrogen-bond donors (Lipinski definition) is 2. The Balaban J connectivity index is 2.00. The number of carbonyl (C=O) groups excluding carboxylic acids is 1. The van der Waals surface area contributed by atoms with Crippen molar-refractivity contribution in [3.63, 3.8) is 0 Å². The predicted octanol–water partition coefficient (Wildman–Crippen LogP) is 2.68. The van der Waals surface area contributed by atoms with Crippen molar-refractivity contribution >= 4 is 17.3 Å². The van der Waals surface area contributed by atoms with E-state index in [4.69, 9.17) is 0 Å². The van der Waals surface area contributed by atoms with Crippen molar-refractivity contribution in [3.05, 3.63) is 24.0 Å². The van der Waals surface area contributed by atoms with Crippen molar-refractivity contribution in [1.82, 2.24) is 4.90 Å². The van der Waals surface area contributed by atoms with E-state index in [0.717, 1.165) is 32.5 Å². The van der Waals surface area contributed by atoms with Crippen molar-refractivity contribution in [3.8, 4) is 0 Å². The van der Waals surface area contributed by atoms with Crippen molar-refractivity contribution < 1.29 is 9.18 Å². The number of amides is 1. The molecule has 1 amide bonds. The topological polar surface area (TPSA) is 44.4 Å². The molecule has 0 aromatic heterocycles. The number of rotatable bonds is 4. The highest BCUT2D eigenvalue weighted by Crippen LogP contribution is 2.23. The van der Waals surface area contributed by atoms with E-state index in [2.05, 4.69) is 22.5 Å². The normalized spacial score (nSPS) is 16.9. The van der Waals surface area contributed by atoms with Gasteiger partial charge in [-0.1, -0.05) is 6.92 Å². The Hall–Kier alpha value is -1.62. The summed E-state index contributed by atoms with van der Waals surface area (Å²) in [7, 11) is 0. The highest BCUT2D eigenvalue weighted by Gasteiger charge is 2.18. The molecule has 0 radical (unpaired) electrons. The summed E-state index contributed by atoms with van der Waals surface area (Å²) >= 11 is 0. The van der Waals surface area contributed by atoms with E-state index < -0.39 is 0 Å². The van der Waals surface area contributed by atoms with Crippen molar-refractivity contribution in [2.75, 3.05) is 30.3 Å². The molecule has 0 atom stereocenters. The van der Waals surface area contributed by atoms with Gasteiger partial charge < -0.3 is 15.5 Å². The van der Waals surface area contributed by atoms with Crippen molar-refractivity contribution in [2.45, 2.75) is 32.7 Å². The third-order valence-corrected chi connectivity index (χ3v) is 3.68. The monoisotopic (exact) mass is 279 g/mol. The van der Waals surface area contributed by atoms with Gasteiger partial charge in [-0.25, -0.2) is 4.39 Å². The number of hydrogen-bond acceptors (Lipinski definition) is 3. The van der Waals surface area contributed by atoms with E-state index in [0.29, 0.717) is 17.4 Å². The van der Waals surface area contributed by atoms with E-state index in [1.165, 1.54) is 13.0 Å². The zero-order chi connectivity index (χ0) is 14.5. The number of anilines is 2. The summed E-state index contributed by atoms with van der Waals surface area (Å²) in [5, 5.41) is 5.93. The second kappa shape index (κ2) is 6.70. The summed E-state index contributed by atoms with van der Waals surface area (Å²) in [5.74, 6) is -0.434. The van der Waals surface area contributed by atoms with Crippen molar-refractivity contribution in [2.24, 2.45) is 0 Å². The first-order chi connectivity index (χ1) is 9.58. The van der Waals surface area contributed by atoms with Crippen LogP contribution in [0.25, 0.3) is 0 Å². The van der Waals surface area contributed by atoms with Gasteiger partial charge in [0, 0.05) is 31.7 Å². The minimum Gasteiger partial charge on any atom is -0.380 e. The summed E-state index contributed by atoms with van der Waals surface area (Å²) < 4.78 is 13.8. The second-order valence-electron chi connectivity index (χ2n) is 5.23. The summed E-state index contributed by atoms with van der Waals surface area (Å²) in [6.07, 6.45) is 2.02. The lowest BCUT2D eigenvalue weighted by Crippen LogP contribution is -2.39. The van der Waals surface area contributed by atoms with Gasteiger partial charge in [0.15, 0.2) is 0 Å². The summed E-state index contributed by atoms with van der Waals surface area (Å²) in [6, 6.07) is 4.90. The molecule has 1 aromatic rings. The van der Waals surface area contributed by atoms with Gasteiger partial charge in [-0.3, -0.25) is 4.79 Å². The number of piperidine rings is 1. The maximum absolute atomic E-state index is 13.8. The number of carbonyl (C=O) groups is 1. The molecule has 1 saturated heterocycles. The van der Waals surface area contributed by atoms with Gasteiger partial charge in [0.25, 0.3) is 0 Å². The zero-order valence-corrected chi connectivity index (χ0v) is 12.1. The van der Waals surface area contributed by atoms with Crippen LogP contribution in [0.15, 0.2) is 18.2 Å². The fourth-order valence-corrected chi connectivity index (χ4v) is 2.53. The fourth-order valence-electron chi connectivity index (χ4n) is 2.53. The van der Waals surface area contributed by atoms with Gasteiger partial charge in [-0.15, -0.1) is 0 Å². The smallest absolute Gasteiger partial charge is 0.221 e. The summed E-state index contributed by atoms with van der Waals surface area (Å²) in [5.41, 5.74) is 1.08. The molecule has 4 nitrogen and oxygen atoms in total. The van der Waals surface area contributed by atoms with E-state index >= 15 is 0 Å². The quantitative estimate of drug-likeness (QED) is 0.890. The minimum atomic E-state index is -0.281. The number of halogens is 1. The molecule has 0 unspecified atom stereocenters. The SMILES string of the molecule is CCN1CCC(Nc2cc(NC(C)=O)ccc2F)CC1. The molecule has 110 valence electrons.